The normalized spacial score (nSPS) is 22.4. The first-order valence-electron chi connectivity index (χ1n) is 8.66. The standard InChI is InChI=1S/C18H25N3O3/c19-18(24)21-8-2-4-15(12-21)17(23)20-9-6-13(7-10-20)14-3-1-5-16(22)11-14/h1,3,5,11,13,15,22H,2,4,6-10,12H2,(H2,19,24). The van der Waals surface area contributed by atoms with Crippen LogP contribution in [0.4, 0.5) is 4.79 Å². The highest BCUT2D eigenvalue weighted by Gasteiger charge is 2.32. The van der Waals surface area contributed by atoms with Crippen molar-refractivity contribution in [2.24, 2.45) is 11.7 Å². The molecule has 0 radical (unpaired) electrons. The maximum absolute atomic E-state index is 12.7. The van der Waals surface area contributed by atoms with Crippen LogP contribution in [0.3, 0.4) is 0 Å². The van der Waals surface area contributed by atoms with Gasteiger partial charge in [0.25, 0.3) is 0 Å². The number of piperidine rings is 2. The smallest absolute Gasteiger partial charge is 0.314 e. The zero-order valence-electron chi connectivity index (χ0n) is 13.9. The number of hydrogen-bond donors (Lipinski definition) is 2. The summed E-state index contributed by atoms with van der Waals surface area (Å²) >= 11 is 0. The number of carbonyl (C=O) groups excluding carboxylic acids is 2. The predicted molar refractivity (Wildman–Crippen MR) is 90.5 cm³/mol. The number of urea groups is 1. The third kappa shape index (κ3) is 3.63. The summed E-state index contributed by atoms with van der Waals surface area (Å²) in [7, 11) is 0. The predicted octanol–water partition coefficient (Wildman–Crippen LogP) is 1.89. The molecule has 1 unspecified atom stereocenters. The minimum Gasteiger partial charge on any atom is -0.508 e. The minimum absolute atomic E-state index is 0.122. The maximum Gasteiger partial charge on any atom is 0.314 e. The molecule has 24 heavy (non-hydrogen) atoms. The summed E-state index contributed by atoms with van der Waals surface area (Å²) in [6, 6.07) is 6.95. The van der Waals surface area contributed by atoms with Gasteiger partial charge in [0, 0.05) is 26.2 Å². The quantitative estimate of drug-likeness (QED) is 0.867. The van der Waals surface area contributed by atoms with E-state index in [0.717, 1.165) is 44.3 Å². The molecule has 3 amide bonds. The number of phenols is 1. The van der Waals surface area contributed by atoms with Crippen molar-refractivity contribution in [1.29, 1.82) is 0 Å². The van der Waals surface area contributed by atoms with E-state index in [1.165, 1.54) is 0 Å². The van der Waals surface area contributed by atoms with Gasteiger partial charge in [-0.3, -0.25) is 4.79 Å². The van der Waals surface area contributed by atoms with E-state index >= 15 is 0 Å². The van der Waals surface area contributed by atoms with Crippen LogP contribution in [0.15, 0.2) is 24.3 Å². The van der Waals surface area contributed by atoms with Gasteiger partial charge in [0.05, 0.1) is 5.92 Å². The molecule has 2 aliphatic heterocycles. The molecule has 0 bridgehead atoms. The lowest BCUT2D eigenvalue weighted by Crippen LogP contribution is -2.49. The Kier molecular flexibility index (Phi) is 4.92. The van der Waals surface area contributed by atoms with E-state index in [0.29, 0.717) is 24.8 Å². The van der Waals surface area contributed by atoms with E-state index < -0.39 is 6.03 Å². The van der Waals surface area contributed by atoms with Crippen molar-refractivity contribution in [3.05, 3.63) is 29.8 Å². The maximum atomic E-state index is 12.7. The number of amides is 3. The van der Waals surface area contributed by atoms with Crippen molar-refractivity contribution < 1.29 is 14.7 Å². The lowest BCUT2D eigenvalue weighted by molar-refractivity contribution is -0.138. The third-order valence-corrected chi connectivity index (χ3v) is 5.23. The fraction of sp³-hybridized carbons (Fsp3) is 0.556. The van der Waals surface area contributed by atoms with Crippen LogP contribution in [0.25, 0.3) is 0 Å². The fourth-order valence-corrected chi connectivity index (χ4v) is 3.85. The summed E-state index contributed by atoms with van der Waals surface area (Å²) in [5.41, 5.74) is 6.48. The van der Waals surface area contributed by atoms with Gasteiger partial charge in [-0.25, -0.2) is 4.79 Å². The van der Waals surface area contributed by atoms with Crippen molar-refractivity contribution in [3.63, 3.8) is 0 Å². The van der Waals surface area contributed by atoms with Gasteiger partial charge in [-0.1, -0.05) is 12.1 Å². The molecule has 3 N–H and O–H groups in total. The number of likely N-dealkylation sites (tertiary alicyclic amines) is 2. The second kappa shape index (κ2) is 7.11. The van der Waals surface area contributed by atoms with Gasteiger partial charge >= 0.3 is 6.03 Å². The SMILES string of the molecule is NC(=O)N1CCCC(C(=O)N2CCC(c3cccc(O)c3)CC2)C1. The average molecular weight is 331 g/mol. The monoisotopic (exact) mass is 331 g/mol. The number of nitrogens with zero attached hydrogens (tertiary/aromatic N) is 2. The number of carbonyl (C=O) groups is 2. The molecule has 1 atom stereocenters. The average Bonchev–Trinajstić information content (AvgIpc) is 2.61. The molecule has 2 saturated heterocycles. The van der Waals surface area contributed by atoms with Gasteiger partial charge in [0.15, 0.2) is 0 Å². The molecule has 2 heterocycles. The molecule has 1 aromatic carbocycles. The molecule has 2 aliphatic rings. The highest BCUT2D eigenvalue weighted by atomic mass is 16.3. The Labute approximate surface area is 142 Å². The molecule has 6 heteroatoms. The number of rotatable bonds is 2. The number of primary amides is 1. The second-order valence-electron chi connectivity index (χ2n) is 6.82. The van der Waals surface area contributed by atoms with Gasteiger partial charge in [-0.2, -0.15) is 0 Å². The summed E-state index contributed by atoms with van der Waals surface area (Å²) in [6.07, 6.45) is 3.47. The van der Waals surface area contributed by atoms with E-state index in [-0.39, 0.29) is 11.8 Å². The third-order valence-electron chi connectivity index (χ3n) is 5.23. The summed E-state index contributed by atoms with van der Waals surface area (Å²) in [5, 5.41) is 9.62. The van der Waals surface area contributed by atoms with Gasteiger partial charge < -0.3 is 20.6 Å². The zero-order valence-corrected chi connectivity index (χ0v) is 13.9. The first-order chi connectivity index (χ1) is 11.5. The first kappa shape index (κ1) is 16.6. The molecule has 0 saturated carbocycles. The van der Waals surface area contributed by atoms with Gasteiger partial charge in [-0.05, 0) is 49.3 Å². The lowest BCUT2D eigenvalue weighted by Gasteiger charge is -2.37. The Hall–Kier alpha value is -2.24. The summed E-state index contributed by atoms with van der Waals surface area (Å²) in [4.78, 5) is 27.6. The van der Waals surface area contributed by atoms with Crippen LogP contribution in [0, 0.1) is 5.92 Å². The minimum atomic E-state index is -0.435. The van der Waals surface area contributed by atoms with E-state index in [1.54, 1.807) is 11.0 Å². The van der Waals surface area contributed by atoms with Crippen molar-refractivity contribution in [2.75, 3.05) is 26.2 Å². The summed E-state index contributed by atoms with van der Waals surface area (Å²) in [6.45, 7) is 2.55. The highest BCUT2D eigenvalue weighted by Crippen LogP contribution is 2.31. The molecule has 0 spiro atoms. The second-order valence-corrected chi connectivity index (χ2v) is 6.82. The van der Waals surface area contributed by atoms with Gasteiger partial charge in [0.1, 0.15) is 5.75 Å². The largest absolute Gasteiger partial charge is 0.508 e. The lowest BCUT2D eigenvalue weighted by atomic mass is 9.88. The molecule has 0 aromatic heterocycles. The number of phenolic OH excluding ortho intramolecular Hbond substituents is 1. The van der Waals surface area contributed by atoms with Crippen molar-refractivity contribution in [1.82, 2.24) is 9.80 Å². The molecule has 0 aliphatic carbocycles. The number of hydrogen-bond acceptors (Lipinski definition) is 3. The molecule has 1 aromatic rings. The van der Waals surface area contributed by atoms with Crippen LogP contribution in [0.1, 0.15) is 37.2 Å². The fourth-order valence-electron chi connectivity index (χ4n) is 3.85. The Morgan fingerprint density at radius 1 is 1.08 bits per heavy atom. The molecule has 2 fully saturated rings. The highest BCUT2D eigenvalue weighted by molar-refractivity contribution is 5.80. The first-order valence-corrected chi connectivity index (χ1v) is 8.66. The van der Waals surface area contributed by atoms with Crippen molar-refractivity contribution in [3.8, 4) is 5.75 Å². The van der Waals surface area contributed by atoms with Crippen molar-refractivity contribution in [2.45, 2.75) is 31.6 Å². The molecular formula is C18H25N3O3. The molecule has 3 rings (SSSR count). The van der Waals surface area contributed by atoms with Crippen LogP contribution in [0.5, 0.6) is 5.75 Å². The van der Waals surface area contributed by atoms with Crippen LogP contribution in [-0.4, -0.2) is 53.0 Å². The van der Waals surface area contributed by atoms with E-state index in [2.05, 4.69) is 0 Å². The van der Waals surface area contributed by atoms with E-state index in [9.17, 15) is 14.7 Å². The number of aromatic hydroxyl groups is 1. The van der Waals surface area contributed by atoms with Gasteiger partial charge in [0.2, 0.25) is 5.91 Å². The summed E-state index contributed by atoms with van der Waals surface area (Å²) < 4.78 is 0. The van der Waals surface area contributed by atoms with Crippen LogP contribution < -0.4 is 5.73 Å². The molecule has 6 nitrogen and oxygen atoms in total. The Balaban J connectivity index is 1.56. The Morgan fingerprint density at radius 2 is 1.83 bits per heavy atom. The topological polar surface area (TPSA) is 86.9 Å². The van der Waals surface area contributed by atoms with E-state index in [1.807, 2.05) is 23.1 Å². The molecule has 130 valence electrons. The van der Waals surface area contributed by atoms with Gasteiger partial charge in [-0.15, -0.1) is 0 Å². The van der Waals surface area contributed by atoms with Crippen LogP contribution in [-0.2, 0) is 4.79 Å². The zero-order chi connectivity index (χ0) is 17.1. The van der Waals surface area contributed by atoms with Crippen LogP contribution >= 0.6 is 0 Å². The van der Waals surface area contributed by atoms with E-state index in [4.69, 9.17) is 5.73 Å². The van der Waals surface area contributed by atoms with Crippen molar-refractivity contribution >= 4 is 11.9 Å². The number of nitrogens with two attached hydrogens (primary N) is 1. The Morgan fingerprint density at radius 3 is 2.50 bits per heavy atom. The Bertz CT molecular complexity index is 611. The number of benzene rings is 1. The molecular weight excluding hydrogens is 306 g/mol. The summed E-state index contributed by atoms with van der Waals surface area (Å²) in [5.74, 6) is 0.702. The van der Waals surface area contributed by atoms with Crippen LogP contribution in [0.2, 0.25) is 0 Å².